The van der Waals surface area contributed by atoms with Gasteiger partial charge in [0.05, 0.1) is 22.6 Å². The molecule has 3 aromatic rings. The summed E-state index contributed by atoms with van der Waals surface area (Å²) in [5.41, 5.74) is 2.16. The van der Waals surface area contributed by atoms with Crippen molar-refractivity contribution in [1.82, 2.24) is 9.13 Å². The third-order valence-electron chi connectivity index (χ3n) is 3.83. The molecule has 1 atom stereocenters. The lowest BCUT2D eigenvalue weighted by Gasteiger charge is -2.14. The quantitative estimate of drug-likeness (QED) is 0.729. The van der Waals surface area contributed by atoms with E-state index < -0.39 is 6.10 Å². The van der Waals surface area contributed by atoms with Gasteiger partial charge in [-0.15, -0.1) is 0 Å². The molecule has 0 unspecified atom stereocenters. The largest absolute Gasteiger partial charge is 0.489 e. The van der Waals surface area contributed by atoms with E-state index >= 15 is 0 Å². The van der Waals surface area contributed by atoms with Crippen LogP contribution in [0.25, 0.3) is 11.0 Å². The number of imidazole rings is 1. The number of aryl methyl sites for hydroxylation is 1. The van der Waals surface area contributed by atoms with Gasteiger partial charge in [0.2, 0.25) is 5.62 Å². The average molecular weight is 366 g/mol. The van der Waals surface area contributed by atoms with E-state index in [0.29, 0.717) is 21.4 Å². The Kier molecular flexibility index (Phi) is 4.85. The maximum Gasteiger partial charge on any atom is 0.202 e. The van der Waals surface area contributed by atoms with Crippen LogP contribution >= 0.6 is 23.2 Å². The van der Waals surface area contributed by atoms with Gasteiger partial charge < -0.3 is 19.0 Å². The number of ether oxygens (including phenoxy) is 1. The van der Waals surface area contributed by atoms with Crippen molar-refractivity contribution >= 4 is 34.2 Å². The topological polar surface area (TPSA) is 63.2 Å². The molecule has 0 amide bonds. The maximum absolute atomic E-state index is 10.3. The second-order valence-corrected chi connectivity index (χ2v) is 6.37. The lowest BCUT2D eigenvalue weighted by Crippen LogP contribution is -2.30. The first kappa shape index (κ1) is 16.9. The molecule has 7 heteroatoms. The number of aliphatic hydroxyl groups is 1. The summed E-state index contributed by atoms with van der Waals surface area (Å²) in [6.45, 7) is 0.322. The zero-order valence-corrected chi connectivity index (χ0v) is 14.6. The van der Waals surface area contributed by atoms with Crippen LogP contribution in [0.2, 0.25) is 10.0 Å². The lowest BCUT2D eigenvalue weighted by molar-refractivity contribution is 0.0922. The number of aliphatic hydroxyl groups excluding tert-OH is 1. The second kappa shape index (κ2) is 6.89. The van der Waals surface area contributed by atoms with E-state index in [0.717, 1.165) is 11.0 Å². The molecule has 0 aliphatic heterocycles. The SMILES string of the molecule is Cn1c(=N)n(C[C@@H](O)COc2ccc(Cl)cc2Cl)c2ccccc21. The number of halogens is 2. The number of rotatable bonds is 5. The molecule has 0 radical (unpaired) electrons. The zero-order chi connectivity index (χ0) is 17.3. The fourth-order valence-corrected chi connectivity index (χ4v) is 3.07. The number of aromatic nitrogens is 2. The summed E-state index contributed by atoms with van der Waals surface area (Å²) in [6.07, 6.45) is -0.781. The predicted octanol–water partition coefficient (Wildman–Crippen LogP) is 3.21. The van der Waals surface area contributed by atoms with E-state index in [2.05, 4.69) is 0 Å². The molecule has 3 rings (SSSR count). The Morgan fingerprint density at radius 2 is 1.88 bits per heavy atom. The van der Waals surface area contributed by atoms with E-state index in [4.69, 9.17) is 33.3 Å². The molecule has 24 heavy (non-hydrogen) atoms. The van der Waals surface area contributed by atoms with Crippen LogP contribution in [-0.2, 0) is 13.6 Å². The van der Waals surface area contributed by atoms with Gasteiger partial charge in [0.15, 0.2) is 0 Å². The highest BCUT2D eigenvalue weighted by molar-refractivity contribution is 6.35. The van der Waals surface area contributed by atoms with E-state index in [1.807, 2.05) is 31.3 Å². The van der Waals surface area contributed by atoms with Crippen molar-refractivity contribution in [1.29, 1.82) is 5.41 Å². The van der Waals surface area contributed by atoms with Crippen LogP contribution in [-0.4, -0.2) is 27.0 Å². The van der Waals surface area contributed by atoms with Gasteiger partial charge in [0.25, 0.3) is 0 Å². The van der Waals surface area contributed by atoms with E-state index in [9.17, 15) is 5.11 Å². The van der Waals surface area contributed by atoms with Crippen LogP contribution in [0, 0.1) is 5.41 Å². The first-order chi connectivity index (χ1) is 11.5. The summed E-state index contributed by atoms with van der Waals surface area (Å²) >= 11 is 11.9. The van der Waals surface area contributed by atoms with E-state index in [1.54, 1.807) is 27.3 Å². The Morgan fingerprint density at radius 3 is 2.58 bits per heavy atom. The van der Waals surface area contributed by atoms with Gasteiger partial charge >= 0.3 is 0 Å². The van der Waals surface area contributed by atoms with Gasteiger partial charge in [-0.1, -0.05) is 35.3 Å². The molecule has 0 saturated carbocycles. The minimum atomic E-state index is -0.781. The lowest BCUT2D eigenvalue weighted by atomic mass is 10.3. The van der Waals surface area contributed by atoms with Gasteiger partial charge in [0.1, 0.15) is 18.5 Å². The molecule has 5 nitrogen and oxygen atoms in total. The van der Waals surface area contributed by atoms with Gasteiger partial charge in [-0.25, -0.2) is 0 Å². The molecule has 0 fully saturated rings. The summed E-state index contributed by atoms with van der Waals surface area (Å²) in [5, 5.41) is 19.4. The first-order valence-electron chi connectivity index (χ1n) is 7.42. The van der Waals surface area contributed by atoms with Crippen LogP contribution in [0.3, 0.4) is 0 Å². The van der Waals surface area contributed by atoms with Gasteiger partial charge in [-0.2, -0.15) is 0 Å². The van der Waals surface area contributed by atoms with Crippen molar-refractivity contribution in [2.24, 2.45) is 7.05 Å². The van der Waals surface area contributed by atoms with Crippen molar-refractivity contribution in [3.05, 3.63) is 58.1 Å². The molecule has 0 spiro atoms. The number of benzene rings is 2. The molecule has 0 aliphatic rings. The van der Waals surface area contributed by atoms with Crippen molar-refractivity contribution in [2.75, 3.05) is 6.61 Å². The number of nitrogens with zero attached hydrogens (tertiary/aromatic N) is 2. The molecule has 1 heterocycles. The van der Waals surface area contributed by atoms with Crippen LogP contribution in [0.15, 0.2) is 42.5 Å². The van der Waals surface area contributed by atoms with Crippen molar-refractivity contribution in [3.8, 4) is 5.75 Å². The summed E-state index contributed by atoms with van der Waals surface area (Å²) < 4.78 is 9.10. The fraction of sp³-hybridized carbons (Fsp3) is 0.235. The summed E-state index contributed by atoms with van der Waals surface area (Å²) in [7, 11) is 1.83. The van der Waals surface area contributed by atoms with E-state index in [-0.39, 0.29) is 13.2 Å². The summed E-state index contributed by atoms with van der Waals surface area (Å²) in [4.78, 5) is 0. The average Bonchev–Trinajstić information content (AvgIpc) is 2.79. The number of fused-ring (bicyclic) bond motifs is 1. The Hall–Kier alpha value is -1.95. The molecule has 0 bridgehead atoms. The minimum Gasteiger partial charge on any atom is -0.489 e. The highest BCUT2D eigenvalue weighted by Gasteiger charge is 2.13. The second-order valence-electron chi connectivity index (χ2n) is 5.52. The van der Waals surface area contributed by atoms with Crippen LogP contribution in [0.1, 0.15) is 0 Å². The molecule has 0 aliphatic carbocycles. The van der Waals surface area contributed by atoms with Crippen LogP contribution in [0.5, 0.6) is 5.75 Å². The first-order valence-corrected chi connectivity index (χ1v) is 8.17. The fourth-order valence-electron chi connectivity index (χ4n) is 2.61. The van der Waals surface area contributed by atoms with Gasteiger partial charge in [0, 0.05) is 12.1 Å². The van der Waals surface area contributed by atoms with E-state index in [1.165, 1.54) is 0 Å². The Bertz CT molecular complexity index is 933. The number of hydrogen-bond acceptors (Lipinski definition) is 3. The zero-order valence-electron chi connectivity index (χ0n) is 13.0. The number of hydrogen-bond donors (Lipinski definition) is 2. The predicted molar refractivity (Wildman–Crippen MR) is 94.7 cm³/mol. The Balaban J connectivity index is 1.75. The standard InChI is InChI=1S/C17H17Cl2N3O2/c1-21-14-4-2-3-5-15(14)22(17(21)20)9-12(23)10-24-16-7-6-11(18)8-13(16)19/h2-8,12,20,23H,9-10H2,1H3/t12-/m1/s1. The number of nitrogens with one attached hydrogen (secondary N) is 1. The van der Waals surface area contributed by atoms with Crippen molar-refractivity contribution in [3.63, 3.8) is 0 Å². The monoisotopic (exact) mass is 365 g/mol. The van der Waals surface area contributed by atoms with Crippen LogP contribution in [0.4, 0.5) is 0 Å². The third kappa shape index (κ3) is 3.29. The molecule has 126 valence electrons. The van der Waals surface area contributed by atoms with Crippen molar-refractivity contribution < 1.29 is 9.84 Å². The molecular formula is C17H17Cl2N3O2. The Labute approximate surface area is 149 Å². The third-order valence-corrected chi connectivity index (χ3v) is 4.36. The molecule has 2 aromatic carbocycles. The highest BCUT2D eigenvalue weighted by atomic mass is 35.5. The summed E-state index contributed by atoms with van der Waals surface area (Å²) in [5.74, 6) is 0.467. The normalized spacial score (nSPS) is 12.5. The van der Waals surface area contributed by atoms with Gasteiger partial charge in [-0.3, -0.25) is 5.41 Å². The smallest absolute Gasteiger partial charge is 0.202 e. The molecule has 0 saturated heterocycles. The number of para-hydroxylation sites is 2. The highest BCUT2D eigenvalue weighted by Crippen LogP contribution is 2.27. The molecule has 2 N–H and O–H groups in total. The molecular weight excluding hydrogens is 349 g/mol. The van der Waals surface area contributed by atoms with Gasteiger partial charge in [-0.05, 0) is 30.3 Å². The van der Waals surface area contributed by atoms with Crippen LogP contribution < -0.4 is 10.4 Å². The van der Waals surface area contributed by atoms with Crippen molar-refractivity contribution in [2.45, 2.75) is 12.6 Å². The minimum absolute atomic E-state index is 0.0665. The summed E-state index contributed by atoms with van der Waals surface area (Å²) in [6, 6.07) is 12.6. The Morgan fingerprint density at radius 1 is 1.17 bits per heavy atom. The molecule has 1 aromatic heterocycles. The maximum atomic E-state index is 10.3.